The molecular weight excluding hydrogens is 352 g/mol. The molecule has 2 heterocycles. The minimum Gasteiger partial charge on any atom is -0.478 e. The first kappa shape index (κ1) is 18.7. The van der Waals surface area contributed by atoms with Gasteiger partial charge in [-0.3, -0.25) is 4.79 Å². The van der Waals surface area contributed by atoms with E-state index < -0.39 is 5.97 Å². The number of carboxylic acid groups (broad SMARTS) is 1. The second kappa shape index (κ2) is 7.76. The van der Waals surface area contributed by atoms with Gasteiger partial charge in [-0.05, 0) is 62.0 Å². The molecule has 0 aromatic heterocycles. The molecular formula is C23H26N2O3. The van der Waals surface area contributed by atoms with Crippen molar-refractivity contribution < 1.29 is 14.7 Å². The fourth-order valence-corrected chi connectivity index (χ4v) is 4.82. The molecule has 2 unspecified atom stereocenters. The van der Waals surface area contributed by atoms with Crippen LogP contribution in [0.1, 0.15) is 40.0 Å². The maximum Gasteiger partial charge on any atom is 0.336 e. The summed E-state index contributed by atoms with van der Waals surface area (Å²) < 4.78 is 0. The topological polar surface area (TPSA) is 60.9 Å². The standard InChI is InChI=1S/C23H26N2O3/c1-24-13-6-7-16-15-25(14-12-21(16)24)22(26)19-10-4-2-8-17(19)18-9-3-5-11-20(18)23(27)28/h2-5,8-11,16,21H,6-7,12-15H2,1H3,(H,27,28). The zero-order valence-corrected chi connectivity index (χ0v) is 16.2. The Hall–Kier alpha value is -2.66. The van der Waals surface area contributed by atoms with E-state index in [1.165, 1.54) is 12.8 Å². The highest BCUT2D eigenvalue weighted by Crippen LogP contribution is 2.32. The van der Waals surface area contributed by atoms with Crippen LogP contribution in [0, 0.1) is 5.92 Å². The zero-order valence-electron chi connectivity index (χ0n) is 16.2. The Balaban J connectivity index is 1.64. The van der Waals surface area contributed by atoms with Crippen molar-refractivity contribution in [1.82, 2.24) is 9.80 Å². The van der Waals surface area contributed by atoms with Gasteiger partial charge in [0, 0.05) is 24.7 Å². The van der Waals surface area contributed by atoms with E-state index in [0.29, 0.717) is 28.7 Å². The highest BCUT2D eigenvalue weighted by atomic mass is 16.4. The summed E-state index contributed by atoms with van der Waals surface area (Å²) in [7, 11) is 2.19. The molecule has 2 aromatic rings. The summed E-state index contributed by atoms with van der Waals surface area (Å²) in [4.78, 5) is 29.5. The Morgan fingerprint density at radius 1 is 0.929 bits per heavy atom. The van der Waals surface area contributed by atoms with E-state index in [2.05, 4.69) is 11.9 Å². The molecule has 5 nitrogen and oxygen atoms in total. The fraction of sp³-hybridized carbons (Fsp3) is 0.391. The van der Waals surface area contributed by atoms with Crippen LogP contribution in [0.15, 0.2) is 48.5 Å². The van der Waals surface area contributed by atoms with Gasteiger partial charge in [-0.25, -0.2) is 4.79 Å². The minimum absolute atomic E-state index is 0.00229. The van der Waals surface area contributed by atoms with Gasteiger partial charge in [-0.2, -0.15) is 0 Å². The highest BCUT2D eigenvalue weighted by Gasteiger charge is 2.36. The van der Waals surface area contributed by atoms with Gasteiger partial charge in [0.2, 0.25) is 0 Å². The Morgan fingerprint density at radius 2 is 1.57 bits per heavy atom. The second-order valence-corrected chi connectivity index (χ2v) is 7.89. The average Bonchev–Trinajstić information content (AvgIpc) is 2.73. The SMILES string of the molecule is CN1CCCC2CN(C(=O)c3ccccc3-c3ccccc3C(=O)O)CCC21. The second-order valence-electron chi connectivity index (χ2n) is 7.89. The Labute approximate surface area is 165 Å². The van der Waals surface area contributed by atoms with Crippen molar-refractivity contribution in [3.8, 4) is 11.1 Å². The average molecular weight is 378 g/mol. The van der Waals surface area contributed by atoms with Crippen molar-refractivity contribution >= 4 is 11.9 Å². The number of amides is 1. The molecule has 2 fully saturated rings. The summed E-state index contributed by atoms with van der Waals surface area (Å²) in [5.41, 5.74) is 2.08. The number of nitrogens with zero attached hydrogens (tertiary/aromatic N) is 2. The Kier molecular flexibility index (Phi) is 5.18. The number of rotatable bonds is 3. The van der Waals surface area contributed by atoms with Crippen LogP contribution in [0.4, 0.5) is 0 Å². The van der Waals surface area contributed by atoms with Gasteiger partial charge < -0.3 is 14.9 Å². The Morgan fingerprint density at radius 3 is 2.29 bits per heavy atom. The third-order valence-corrected chi connectivity index (χ3v) is 6.24. The number of carbonyl (C=O) groups excluding carboxylic acids is 1. The van der Waals surface area contributed by atoms with Crippen molar-refractivity contribution in [1.29, 1.82) is 0 Å². The molecule has 146 valence electrons. The van der Waals surface area contributed by atoms with Crippen LogP contribution in [-0.2, 0) is 0 Å². The molecule has 4 rings (SSSR count). The van der Waals surface area contributed by atoms with E-state index in [9.17, 15) is 14.7 Å². The quantitative estimate of drug-likeness (QED) is 0.886. The predicted octanol–water partition coefficient (Wildman–Crippen LogP) is 3.61. The van der Waals surface area contributed by atoms with Gasteiger partial charge in [-0.1, -0.05) is 36.4 Å². The molecule has 28 heavy (non-hydrogen) atoms. The normalized spacial score (nSPS) is 22.5. The van der Waals surface area contributed by atoms with Crippen LogP contribution < -0.4 is 0 Å². The van der Waals surface area contributed by atoms with Crippen molar-refractivity contribution in [2.45, 2.75) is 25.3 Å². The molecule has 2 aliphatic rings. The van der Waals surface area contributed by atoms with Crippen LogP contribution >= 0.6 is 0 Å². The van der Waals surface area contributed by atoms with Crippen LogP contribution in [-0.4, -0.2) is 59.5 Å². The highest BCUT2D eigenvalue weighted by molar-refractivity contribution is 6.04. The van der Waals surface area contributed by atoms with Crippen molar-refractivity contribution in [3.05, 3.63) is 59.7 Å². The van der Waals surface area contributed by atoms with E-state index in [1.807, 2.05) is 35.2 Å². The number of carbonyl (C=O) groups is 2. The lowest BCUT2D eigenvalue weighted by Crippen LogP contribution is -2.53. The van der Waals surface area contributed by atoms with Gasteiger partial charge in [-0.15, -0.1) is 0 Å². The zero-order chi connectivity index (χ0) is 19.7. The molecule has 1 amide bonds. The van der Waals surface area contributed by atoms with Gasteiger partial charge in [0.1, 0.15) is 0 Å². The number of likely N-dealkylation sites (tertiary alicyclic amines) is 2. The molecule has 1 N–H and O–H groups in total. The van der Waals surface area contributed by atoms with Crippen molar-refractivity contribution in [2.75, 3.05) is 26.7 Å². The lowest BCUT2D eigenvalue weighted by molar-refractivity contribution is 0.0317. The van der Waals surface area contributed by atoms with Crippen molar-refractivity contribution in [3.63, 3.8) is 0 Å². The summed E-state index contributed by atoms with van der Waals surface area (Å²) in [6, 6.07) is 14.8. The summed E-state index contributed by atoms with van der Waals surface area (Å²) in [6.07, 6.45) is 3.35. The molecule has 2 aliphatic heterocycles. The summed E-state index contributed by atoms with van der Waals surface area (Å²) in [5.74, 6) is -0.457. The third-order valence-electron chi connectivity index (χ3n) is 6.24. The molecule has 2 saturated heterocycles. The van der Waals surface area contributed by atoms with Crippen LogP contribution in [0.3, 0.4) is 0 Å². The number of aromatic carboxylic acids is 1. The van der Waals surface area contributed by atoms with E-state index >= 15 is 0 Å². The summed E-state index contributed by atoms with van der Waals surface area (Å²) in [6.45, 7) is 2.67. The first-order chi connectivity index (χ1) is 13.6. The summed E-state index contributed by atoms with van der Waals surface area (Å²) >= 11 is 0. The van der Waals surface area contributed by atoms with E-state index in [4.69, 9.17) is 0 Å². The molecule has 0 aliphatic carbocycles. The number of piperidine rings is 2. The number of fused-ring (bicyclic) bond motifs is 1. The monoisotopic (exact) mass is 378 g/mol. The van der Waals surface area contributed by atoms with Gasteiger partial charge in [0.25, 0.3) is 5.91 Å². The lowest BCUT2D eigenvalue weighted by atomic mass is 9.84. The van der Waals surface area contributed by atoms with Gasteiger partial charge >= 0.3 is 5.97 Å². The van der Waals surface area contributed by atoms with Crippen LogP contribution in [0.5, 0.6) is 0 Å². The number of hydrogen-bond acceptors (Lipinski definition) is 3. The maximum absolute atomic E-state index is 13.4. The van der Waals surface area contributed by atoms with E-state index in [0.717, 1.165) is 26.1 Å². The molecule has 0 bridgehead atoms. The molecule has 0 radical (unpaired) electrons. The number of benzene rings is 2. The van der Waals surface area contributed by atoms with Gasteiger partial charge in [0.05, 0.1) is 5.56 Å². The smallest absolute Gasteiger partial charge is 0.336 e. The van der Waals surface area contributed by atoms with E-state index in [1.54, 1.807) is 18.2 Å². The molecule has 2 aromatic carbocycles. The molecule has 0 spiro atoms. The minimum atomic E-state index is -0.982. The molecule has 2 atom stereocenters. The third kappa shape index (κ3) is 3.42. The lowest BCUT2D eigenvalue weighted by Gasteiger charge is -2.46. The molecule has 5 heteroatoms. The van der Waals surface area contributed by atoms with Crippen LogP contribution in [0.2, 0.25) is 0 Å². The Bertz CT molecular complexity index is 895. The van der Waals surface area contributed by atoms with Crippen LogP contribution in [0.25, 0.3) is 11.1 Å². The predicted molar refractivity (Wildman–Crippen MR) is 108 cm³/mol. The fourth-order valence-electron chi connectivity index (χ4n) is 4.82. The van der Waals surface area contributed by atoms with E-state index in [-0.39, 0.29) is 11.5 Å². The number of hydrogen-bond donors (Lipinski definition) is 1. The first-order valence-corrected chi connectivity index (χ1v) is 9.97. The maximum atomic E-state index is 13.4. The first-order valence-electron chi connectivity index (χ1n) is 9.97. The van der Waals surface area contributed by atoms with Gasteiger partial charge in [0.15, 0.2) is 0 Å². The van der Waals surface area contributed by atoms with Crippen molar-refractivity contribution in [2.24, 2.45) is 5.92 Å². The molecule has 0 saturated carbocycles. The summed E-state index contributed by atoms with van der Waals surface area (Å²) in [5, 5.41) is 9.56. The number of carboxylic acids is 1. The largest absolute Gasteiger partial charge is 0.478 e.